The van der Waals surface area contributed by atoms with Crippen molar-refractivity contribution in [2.45, 2.75) is 32.7 Å². The van der Waals surface area contributed by atoms with Gasteiger partial charge in [0.15, 0.2) is 5.82 Å². The van der Waals surface area contributed by atoms with Crippen LogP contribution in [-0.2, 0) is 4.74 Å². The molecule has 26 heavy (non-hydrogen) atoms. The first kappa shape index (κ1) is 18.5. The Balaban J connectivity index is 1.41. The fraction of sp³-hybridized carbons (Fsp3) is 0.706. The second-order valence-corrected chi connectivity index (χ2v) is 6.69. The van der Waals surface area contributed by atoms with E-state index in [0.717, 1.165) is 39.0 Å². The van der Waals surface area contributed by atoms with Gasteiger partial charge in [-0.2, -0.15) is 0 Å². The lowest BCUT2D eigenvalue weighted by atomic mass is 10.0. The number of likely N-dealkylation sites (tertiary alicyclic amines) is 1. The number of anilines is 1. The Bertz CT molecular complexity index is 618. The molecule has 0 spiro atoms. The number of rotatable bonds is 3. The van der Waals surface area contributed by atoms with Crippen LogP contribution in [-0.4, -0.2) is 83.9 Å². The molecule has 2 aliphatic rings. The van der Waals surface area contributed by atoms with Gasteiger partial charge in [-0.1, -0.05) is 5.16 Å². The van der Waals surface area contributed by atoms with E-state index in [1.54, 1.807) is 22.8 Å². The second-order valence-electron chi connectivity index (χ2n) is 6.69. The lowest BCUT2D eigenvalue weighted by molar-refractivity contribution is 0.0581. The standard InChI is InChI=1S/C17H27N5O4/c1-3-25-17(24)22-6-4-14(5-7-22)20-8-10-21(11-9-20)16(23)18-15-12-13(2)26-19-15/h12,14H,3-11H2,1-2H3,(H,18,19,23). The van der Waals surface area contributed by atoms with E-state index in [1.165, 1.54) is 0 Å². The van der Waals surface area contributed by atoms with Crippen LogP contribution in [0, 0.1) is 6.92 Å². The summed E-state index contributed by atoms with van der Waals surface area (Å²) in [4.78, 5) is 30.1. The normalized spacial score (nSPS) is 19.5. The molecule has 0 saturated carbocycles. The molecule has 2 fully saturated rings. The number of amides is 3. The van der Waals surface area contributed by atoms with Crippen LogP contribution in [0.25, 0.3) is 0 Å². The maximum atomic E-state index is 12.3. The molecule has 1 aromatic heterocycles. The Hall–Kier alpha value is -2.29. The van der Waals surface area contributed by atoms with Crippen molar-refractivity contribution in [1.82, 2.24) is 19.9 Å². The average Bonchev–Trinajstić information content (AvgIpc) is 3.07. The molecule has 0 atom stereocenters. The number of urea groups is 1. The largest absolute Gasteiger partial charge is 0.450 e. The minimum Gasteiger partial charge on any atom is -0.450 e. The van der Waals surface area contributed by atoms with E-state index < -0.39 is 0 Å². The topological polar surface area (TPSA) is 91.2 Å². The van der Waals surface area contributed by atoms with E-state index in [-0.39, 0.29) is 12.1 Å². The van der Waals surface area contributed by atoms with E-state index in [9.17, 15) is 9.59 Å². The van der Waals surface area contributed by atoms with Crippen LogP contribution in [0.5, 0.6) is 0 Å². The number of carbonyl (C=O) groups is 2. The summed E-state index contributed by atoms with van der Waals surface area (Å²) in [6.07, 6.45) is 1.68. The van der Waals surface area contributed by atoms with Crippen LogP contribution in [0.4, 0.5) is 15.4 Å². The van der Waals surface area contributed by atoms with Crippen molar-refractivity contribution >= 4 is 17.9 Å². The van der Waals surface area contributed by atoms with Gasteiger partial charge in [0.2, 0.25) is 0 Å². The molecular weight excluding hydrogens is 338 g/mol. The number of hydrogen-bond donors (Lipinski definition) is 1. The SMILES string of the molecule is CCOC(=O)N1CCC(N2CCN(C(=O)Nc3cc(C)on3)CC2)CC1. The predicted octanol–water partition coefficient (Wildman–Crippen LogP) is 1.75. The maximum absolute atomic E-state index is 12.3. The van der Waals surface area contributed by atoms with Crippen LogP contribution in [0.15, 0.2) is 10.6 Å². The minimum atomic E-state index is -0.212. The Morgan fingerprint density at radius 2 is 1.88 bits per heavy atom. The first-order valence-corrected chi connectivity index (χ1v) is 9.22. The molecule has 3 amide bonds. The number of nitrogens with one attached hydrogen (secondary N) is 1. The Morgan fingerprint density at radius 3 is 2.46 bits per heavy atom. The molecule has 0 aliphatic carbocycles. The first-order valence-electron chi connectivity index (χ1n) is 9.22. The van der Waals surface area contributed by atoms with Crippen molar-refractivity contribution in [3.8, 4) is 0 Å². The predicted molar refractivity (Wildman–Crippen MR) is 95.0 cm³/mol. The lowest BCUT2D eigenvalue weighted by Crippen LogP contribution is -2.55. The number of aromatic nitrogens is 1. The molecule has 9 nitrogen and oxygen atoms in total. The second kappa shape index (κ2) is 8.39. The molecule has 3 heterocycles. The molecule has 9 heteroatoms. The zero-order valence-electron chi connectivity index (χ0n) is 15.4. The highest BCUT2D eigenvalue weighted by atomic mass is 16.6. The number of aryl methyl sites for hydroxylation is 1. The molecule has 0 aromatic carbocycles. The zero-order valence-corrected chi connectivity index (χ0v) is 15.4. The zero-order chi connectivity index (χ0) is 18.5. The molecule has 0 bridgehead atoms. The molecule has 1 aromatic rings. The van der Waals surface area contributed by atoms with Gasteiger partial charge in [-0.3, -0.25) is 10.2 Å². The number of ether oxygens (including phenoxy) is 1. The molecular formula is C17H27N5O4. The van der Waals surface area contributed by atoms with Crippen LogP contribution in [0.2, 0.25) is 0 Å². The van der Waals surface area contributed by atoms with Crippen LogP contribution in [0.1, 0.15) is 25.5 Å². The van der Waals surface area contributed by atoms with Crippen molar-refractivity contribution in [3.05, 3.63) is 11.8 Å². The Kier molecular flexibility index (Phi) is 5.97. The van der Waals surface area contributed by atoms with Crippen LogP contribution >= 0.6 is 0 Å². The summed E-state index contributed by atoms with van der Waals surface area (Å²) in [7, 11) is 0. The fourth-order valence-corrected chi connectivity index (χ4v) is 3.53. The number of piperidine rings is 1. The third-order valence-electron chi connectivity index (χ3n) is 4.97. The lowest BCUT2D eigenvalue weighted by Gasteiger charge is -2.42. The third-order valence-corrected chi connectivity index (χ3v) is 4.97. The van der Waals surface area contributed by atoms with Gasteiger partial charge >= 0.3 is 12.1 Å². The van der Waals surface area contributed by atoms with Crippen molar-refractivity contribution in [1.29, 1.82) is 0 Å². The van der Waals surface area contributed by atoms with Gasteiger partial charge in [0, 0.05) is 51.4 Å². The van der Waals surface area contributed by atoms with E-state index in [1.807, 2.05) is 6.92 Å². The minimum absolute atomic E-state index is 0.143. The molecule has 0 radical (unpaired) electrons. The highest BCUT2D eigenvalue weighted by Crippen LogP contribution is 2.19. The number of piperazine rings is 1. The third kappa shape index (κ3) is 4.46. The van der Waals surface area contributed by atoms with Crippen molar-refractivity contribution < 1.29 is 18.8 Å². The Labute approximate surface area is 153 Å². The summed E-state index contributed by atoms with van der Waals surface area (Å²) in [5.74, 6) is 1.11. The fourth-order valence-electron chi connectivity index (χ4n) is 3.53. The number of hydrogen-bond acceptors (Lipinski definition) is 6. The van der Waals surface area contributed by atoms with Gasteiger partial charge in [0.1, 0.15) is 5.76 Å². The highest BCUT2D eigenvalue weighted by Gasteiger charge is 2.30. The van der Waals surface area contributed by atoms with E-state index in [2.05, 4.69) is 15.4 Å². The first-order chi connectivity index (χ1) is 12.6. The van der Waals surface area contributed by atoms with Crippen molar-refractivity contribution in [2.75, 3.05) is 51.2 Å². The summed E-state index contributed by atoms with van der Waals surface area (Å²) in [5.41, 5.74) is 0. The maximum Gasteiger partial charge on any atom is 0.409 e. The van der Waals surface area contributed by atoms with E-state index in [0.29, 0.717) is 37.3 Å². The highest BCUT2D eigenvalue weighted by molar-refractivity contribution is 5.88. The van der Waals surface area contributed by atoms with Crippen LogP contribution in [0.3, 0.4) is 0 Å². The number of nitrogens with zero attached hydrogens (tertiary/aromatic N) is 4. The number of carbonyl (C=O) groups excluding carboxylic acids is 2. The molecule has 0 unspecified atom stereocenters. The monoisotopic (exact) mass is 365 g/mol. The van der Waals surface area contributed by atoms with Gasteiger partial charge in [-0.15, -0.1) is 0 Å². The Morgan fingerprint density at radius 1 is 1.19 bits per heavy atom. The molecule has 144 valence electrons. The van der Waals surface area contributed by atoms with Gasteiger partial charge in [0.05, 0.1) is 6.61 Å². The average molecular weight is 365 g/mol. The quantitative estimate of drug-likeness (QED) is 0.878. The molecule has 2 saturated heterocycles. The smallest absolute Gasteiger partial charge is 0.409 e. The molecule has 2 aliphatic heterocycles. The molecule has 1 N–H and O–H groups in total. The summed E-state index contributed by atoms with van der Waals surface area (Å²) >= 11 is 0. The summed E-state index contributed by atoms with van der Waals surface area (Å²) in [5, 5.41) is 6.55. The van der Waals surface area contributed by atoms with Crippen LogP contribution < -0.4 is 5.32 Å². The summed E-state index contributed by atoms with van der Waals surface area (Å²) in [6.45, 7) is 8.53. The molecule has 3 rings (SSSR count). The van der Waals surface area contributed by atoms with Gasteiger partial charge < -0.3 is 19.1 Å². The van der Waals surface area contributed by atoms with Gasteiger partial charge in [-0.25, -0.2) is 9.59 Å². The van der Waals surface area contributed by atoms with Gasteiger partial charge in [-0.05, 0) is 26.7 Å². The summed E-state index contributed by atoms with van der Waals surface area (Å²) in [6, 6.07) is 2.02. The van der Waals surface area contributed by atoms with Gasteiger partial charge in [0.25, 0.3) is 0 Å². The van der Waals surface area contributed by atoms with E-state index >= 15 is 0 Å². The van der Waals surface area contributed by atoms with E-state index in [4.69, 9.17) is 9.26 Å². The van der Waals surface area contributed by atoms with Crippen molar-refractivity contribution in [2.24, 2.45) is 0 Å². The summed E-state index contributed by atoms with van der Waals surface area (Å²) < 4.78 is 10.0. The van der Waals surface area contributed by atoms with Crippen molar-refractivity contribution in [3.63, 3.8) is 0 Å².